The van der Waals surface area contributed by atoms with E-state index in [4.69, 9.17) is 5.73 Å². The Morgan fingerprint density at radius 3 is 2.74 bits per heavy atom. The normalized spacial score (nSPS) is 23.9. The van der Waals surface area contributed by atoms with Crippen molar-refractivity contribution in [3.8, 4) is 0 Å². The van der Waals surface area contributed by atoms with Gasteiger partial charge in [-0.05, 0) is 31.5 Å². The molecule has 104 valence electrons. The number of benzene rings is 1. The van der Waals surface area contributed by atoms with Crippen LogP contribution in [0.25, 0.3) is 0 Å². The number of piperazine rings is 1. The number of rotatable bonds is 2. The third kappa shape index (κ3) is 2.62. The van der Waals surface area contributed by atoms with E-state index in [2.05, 4.69) is 39.9 Å². The van der Waals surface area contributed by atoms with Gasteiger partial charge in [0.15, 0.2) is 0 Å². The minimum atomic E-state index is -0.268. The summed E-state index contributed by atoms with van der Waals surface area (Å²) < 4.78 is 1.06. The van der Waals surface area contributed by atoms with Crippen LogP contribution in [0.5, 0.6) is 0 Å². The van der Waals surface area contributed by atoms with Crippen molar-refractivity contribution in [3.05, 3.63) is 28.2 Å². The van der Waals surface area contributed by atoms with Crippen LogP contribution < -0.4 is 10.6 Å². The van der Waals surface area contributed by atoms with Crippen molar-refractivity contribution < 1.29 is 4.79 Å². The van der Waals surface area contributed by atoms with Crippen molar-refractivity contribution in [1.29, 1.82) is 0 Å². The highest BCUT2D eigenvalue weighted by molar-refractivity contribution is 9.10. The van der Waals surface area contributed by atoms with Crippen molar-refractivity contribution in [2.45, 2.75) is 25.9 Å². The minimum Gasteiger partial charge on any atom is -0.356 e. The smallest absolute Gasteiger partial charge is 0.246 e. The van der Waals surface area contributed by atoms with E-state index in [1.165, 1.54) is 5.56 Å². The summed E-state index contributed by atoms with van der Waals surface area (Å²) >= 11 is 3.54. The zero-order valence-electron chi connectivity index (χ0n) is 11.6. The van der Waals surface area contributed by atoms with Crippen LogP contribution in [-0.2, 0) is 4.79 Å². The molecule has 1 aliphatic rings. The highest BCUT2D eigenvalue weighted by Gasteiger charge is 2.35. The molecule has 1 heterocycles. The summed E-state index contributed by atoms with van der Waals surface area (Å²) in [5.41, 5.74) is 8.02. The topological polar surface area (TPSA) is 49.6 Å². The summed E-state index contributed by atoms with van der Waals surface area (Å²) in [6.45, 7) is 5.24. The first-order valence-corrected chi connectivity index (χ1v) is 7.24. The Hall–Kier alpha value is -1.07. The fraction of sp³-hybridized carbons (Fsp3) is 0.500. The summed E-state index contributed by atoms with van der Waals surface area (Å²) in [5.74, 6) is 0.0953. The SMILES string of the molecule is Cc1ccc(N2CC(C)N(C)C(=O)C2CN)cc1Br. The van der Waals surface area contributed by atoms with Crippen molar-refractivity contribution in [2.24, 2.45) is 5.73 Å². The van der Waals surface area contributed by atoms with Gasteiger partial charge in [0.05, 0.1) is 0 Å². The van der Waals surface area contributed by atoms with Gasteiger partial charge in [0, 0.05) is 36.3 Å². The van der Waals surface area contributed by atoms with Crippen LogP contribution in [0.4, 0.5) is 5.69 Å². The Morgan fingerprint density at radius 1 is 1.47 bits per heavy atom. The number of nitrogens with two attached hydrogens (primary N) is 1. The van der Waals surface area contributed by atoms with Crippen LogP contribution in [0.3, 0.4) is 0 Å². The lowest BCUT2D eigenvalue weighted by Crippen LogP contribution is -2.62. The Kier molecular flexibility index (Phi) is 4.16. The summed E-state index contributed by atoms with van der Waals surface area (Å²) in [4.78, 5) is 16.2. The van der Waals surface area contributed by atoms with Crippen LogP contribution in [-0.4, -0.2) is 43.0 Å². The lowest BCUT2D eigenvalue weighted by molar-refractivity contribution is -0.134. The van der Waals surface area contributed by atoms with E-state index in [0.717, 1.165) is 16.7 Å². The average molecular weight is 326 g/mol. The number of hydrogen-bond donors (Lipinski definition) is 1. The molecule has 1 amide bonds. The Balaban J connectivity index is 2.35. The molecular formula is C14H20BrN3O. The zero-order chi connectivity index (χ0) is 14.2. The van der Waals surface area contributed by atoms with Gasteiger partial charge in [-0.1, -0.05) is 22.0 Å². The van der Waals surface area contributed by atoms with Gasteiger partial charge in [-0.15, -0.1) is 0 Å². The number of nitrogens with zero attached hydrogens (tertiary/aromatic N) is 2. The van der Waals surface area contributed by atoms with E-state index in [1.54, 1.807) is 4.90 Å². The number of anilines is 1. The summed E-state index contributed by atoms with van der Waals surface area (Å²) in [6.07, 6.45) is 0. The number of halogens is 1. The Labute approximate surface area is 122 Å². The predicted octanol–water partition coefficient (Wildman–Crippen LogP) is 1.75. The third-order valence-corrected chi connectivity index (χ3v) is 4.70. The minimum absolute atomic E-state index is 0.0953. The zero-order valence-corrected chi connectivity index (χ0v) is 13.1. The monoisotopic (exact) mass is 325 g/mol. The molecule has 0 spiro atoms. The quantitative estimate of drug-likeness (QED) is 0.901. The molecule has 1 aromatic rings. The molecule has 0 aromatic heterocycles. The Bertz CT molecular complexity index is 492. The van der Waals surface area contributed by atoms with Crippen molar-refractivity contribution in [1.82, 2.24) is 4.90 Å². The van der Waals surface area contributed by atoms with Gasteiger partial charge in [-0.25, -0.2) is 0 Å². The maximum Gasteiger partial charge on any atom is 0.246 e. The first-order chi connectivity index (χ1) is 8.95. The maximum atomic E-state index is 12.3. The second kappa shape index (κ2) is 5.51. The van der Waals surface area contributed by atoms with Gasteiger partial charge in [-0.3, -0.25) is 4.79 Å². The van der Waals surface area contributed by atoms with Gasteiger partial charge in [0.2, 0.25) is 5.91 Å². The lowest BCUT2D eigenvalue weighted by atomic mass is 10.1. The van der Waals surface area contributed by atoms with Crippen LogP contribution in [0, 0.1) is 6.92 Å². The van der Waals surface area contributed by atoms with Crippen LogP contribution >= 0.6 is 15.9 Å². The number of amides is 1. The third-order valence-electron chi connectivity index (χ3n) is 3.84. The molecule has 1 aliphatic heterocycles. The summed E-state index contributed by atoms with van der Waals surface area (Å²) in [6, 6.07) is 6.09. The van der Waals surface area contributed by atoms with Gasteiger partial charge in [-0.2, -0.15) is 0 Å². The second-order valence-electron chi connectivity index (χ2n) is 5.14. The van der Waals surface area contributed by atoms with Gasteiger partial charge in [0.1, 0.15) is 6.04 Å². The largest absolute Gasteiger partial charge is 0.356 e. The number of hydrogen-bond acceptors (Lipinski definition) is 3. The second-order valence-corrected chi connectivity index (χ2v) is 5.99. The Morgan fingerprint density at radius 2 is 2.16 bits per heavy atom. The molecule has 4 nitrogen and oxygen atoms in total. The molecular weight excluding hydrogens is 306 g/mol. The molecule has 2 N–H and O–H groups in total. The highest BCUT2D eigenvalue weighted by Crippen LogP contribution is 2.27. The molecule has 5 heteroatoms. The highest BCUT2D eigenvalue weighted by atomic mass is 79.9. The number of carbonyl (C=O) groups is 1. The molecule has 19 heavy (non-hydrogen) atoms. The van der Waals surface area contributed by atoms with Gasteiger partial charge in [0.25, 0.3) is 0 Å². The molecule has 1 fully saturated rings. The average Bonchev–Trinajstić information content (AvgIpc) is 2.39. The van der Waals surface area contributed by atoms with E-state index in [-0.39, 0.29) is 18.0 Å². The molecule has 0 radical (unpaired) electrons. The summed E-state index contributed by atoms with van der Waals surface area (Å²) in [5, 5.41) is 0. The lowest BCUT2D eigenvalue weighted by Gasteiger charge is -2.44. The molecule has 2 atom stereocenters. The van der Waals surface area contributed by atoms with Crippen molar-refractivity contribution in [2.75, 3.05) is 25.0 Å². The summed E-state index contributed by atoms with van der Waals surface area (Å²) in [7, 11) is 1.85. The fourth-order valence-electron chi connectivity index (χ4n) is 2.39. The number of likely N-dealkylation sites (N-methyl/N-ethyl adjacent to an activating group) is 1. The van der Waals surface area contributed by atoms with Crippen LogP contribution in [0.1, 0.15) is 12.5 Å². The fourth-order valence-corrected chi connectivity index (χ4v) is 2.76. The molecule has 2 unspecified atom stereocenters. The molecule has 2 rings (SSSR count). The van der Waals surface area contributed by atoms with Gasteiger partial charge >= 0.3 is 0 Å². The maximum absolute atomic E-state index is 12.3. The standard InChI is InChI=1S/C14H20BrN3O/c1-9-4-5-11(6-12(9)15)18-8-10(2)17(3)14(19)13(18)7-16/h4-6,10,13H,7-8,16H2,1-3H3. The van der Waals surface area contributed by atoms with Crippen molar-refractivity contribution in [3.63, 3.8) is 0 Å². The first-order valence-electron chi connectivity index (χ1n) is 6.45. The molecule has 1 aromatic carbocycles. The predicted molar refractivity (Wildman–Crippen MR) is 81.3 cm³/mol. The molecule has 0 bridgehead atoms. The van der Waals surface area contributed by atoms with E-state index in [9.17, 15) is 4.79 Å². The van der Waals surface area contributed by atoms with Crippen LogP contribution in [0.2, 0.25) is 0 Å². The molecule has 0 aliphatic carbocycles. The van der Waals surface area contributed by atoms with E-state index >= 15 is 0 Å². The first kappa shape index (κ1) is 14.3. The number of carbonyl (C=O) groups excluding carboxylic acids is 1. The van der Waals surface area contributed by atoms with Crippen molar-refractivity contribution >= 4 is 27.5 Å². The number of aryl methyl sites for hydroxylation is 1. The van der Waals surface area contributed by atoms with E-state index < -0.39 is 0 Å². The molecule has 1 saturated heterocycles. The van der Waals surface area contributed by atoms with E-state index in [0.29, 0.717) is 6.54 Å². The van der Waals surface area contributed by atoms with Crippen LogP contribution in [0.15, 0.2) is 22.7 Å². The van der Waals surface area contributed by atoms with E-state index in [1.807, 2.05) is 20.0 Å². The van der Waals surface area contributed by atoms with Gasteiger partial charge < -0.3 is 15.5 Å². The molecule has 0 saturated carbocycles.